The van der Waals surface area contributed by atoms with Crippen LogP contribution in [-0.4, -0.2) is 39.1 Å². The van der Waals surface area contributed by atoms with Crippen LogP contribution in [0.5, 0.6) is 0 Å². The Balaban J connectivity index is 1.71. The molecule has 5 rings (SSSR count). The number of pyridine rings is 2. The van der Waals surface area contributed by atoms with Gasteiger partial charge in [-0.3, -0.25) is 23.9 Å². The molecule has 8 nitrogen and oxygen atoms in total. The Labute approximate surface area is 217 Å². The van der Waals surface area contributed by atoms with Crippen molar-refractivity contribution in [2.75, 3.05) is 16.8 Å². The minimum absolute atomic E-state index is 0.0717. The van der Waals surface area contributed by atoms with Crippen LogP contribution in [0.4, 0.5) is 20.3 Å². The number of amides is 2. The maximum Gasteiger partial charge on any atom is 0.261 e. The van der Waals surface area contributed by atoms with Gasteiger partial charge in [0, 0.05) is 25.2 Å². The van der Waals surface area contributed by atoms with Gasteiger partial charge in [-0.2, -0.15) is 0 Å². The van der Waals surface area contributed by atoms with Crippen LogP contribution in [0.15, 0.2) is 59.5 Å². The van der Waals surface area contributed by atoms with Crippen LogP contribution in [0.2, 0.25) is 10.0 Å². The van der Waals surface area contributed by atoms with Crippen molar-refractivity contribution in [3.8, 4) is 5.69 Å². The number of para-hydroxylation sites is 1. The van der Waals surface area contributed by atoms with Crippen molar-refractivity contribution in [2.24, 2.45) is 0 Å². The van der Waals surface area contributed by atoms with Gasteiger partial charge in [0.15, 0.2) is 5.65 Å². The van der Waals surface area contributed by atoms with E-state index in [1.54, 1.807) is 6.07 Å². The van der Waals surface area contributed by atoms with E-state index in [-0.39, 0.29) is 51.2 Å². The third-order valence-corrected chi connectivity index (χ3v) is 6.53. The van der Waals surface area contributed by atoms with E-state index in [1.165, 1.54) is 29.2 Å². The van der Waals surface area contributed by atoms with Gasteiger partial charge in [0.05, 0.1) is 26.8 Å². The van der Waals surface area contributed by atoms with Crippen molar-refractivity contribution in [3.05, 3.63) is 92.2 Å². The lowest BCUT2D eigenvalue weighted by Gasteiger charge is -2.18. The maximum atomic E-state index is 14.9. The van der Waals surface area contributed by atoms with Gasteiger partial charge in [-0.05, 0) is 36.4 Å². The Bertz CT molecular complexity index is 1640. The largest absolute Gasteiger partial charge is 0.383 e. The Hall–Kier alpha value is -3.86. The lowest BCUT2D eigenvalue weighted by atomic mass is 10.1. The predicted octanol–water partition coefficient (Wildman–Crippen LogP) is 4.32. The molecule has 4 aromatic rings. The fraction of sp³-hybridized carbons (Fsp3) is 0.120. The van der Waals surface area contributed by atoms with E-state index in [0.717, 1.165) is 22.9 Å². The van der Waals surface area contributed by atoms with Crippen LogP contribution in [0.1, 0.15) is 16.8 Å². The highest BCUT2D eigenvalue weighted by Gasteiger charge is 2.32. The molecule has 2 amide bonds. The SMILES string of the molecule is O=C(Nc1c(Cl)cccc1Cl)c1cn(-c2ccc(F)cc2F)c2nc(N3CC[C@H](O)C3=O)ccc2c1=O. The van der Waals surface area contributed by atoms with Gasteiger partial charge in [0.25, 0.3) is 11.8 Å². The number of hydrogen-bond acceptors (Lipinski definition) is 5. The third kappa shape index (κ3) is 4.43. The second-order valence-electron chi connectivity index (χ2n) is 8.22. The van der Waals surface area contributed by atoms with Gasteiger partial charge >= 0.3 is 0 Å². The average molecular weight is 545 g/mol. The molecule has 1 aliphatic heterocycles. The number of aromatic nitrogens is 2. The van der Waals surface area contributed by atoms with Crippen LogP contribution in [0, 0.1) is 11.6 Å². The van der Waals surface area contributed by atoms with Crippen molar-refractivity contribution in [2.45, 2.75) is 12.5 Å². The second kappa shape index (κ2) is 9.55. The molecule has 0 saturated carbocycles. The molecule has 1 atom stereocenters. The lowest BCUT2D eigenvalue weighted by molar-refractivity contribution is -0.124. The zero-order valence-corrected chi connectivity index (χ0v) is 20.2. The number of aliphatic hydroxyl groups is 1. The van der Waals surface area contributed by atoms with E-state index in [9.17, 15) is 28.3 Å². The van der Waals surface area contributed by atoms with Gasteiger partial charge in [-0.25, -0.2) is 13.8 Å². The predicted molar refractivity (Wildman–Crippen MR) is 135 cm³/mol. The zero-order chi connectivity index (χ0) is 26.4. The van der Waals surface area contributed by atoms with Gasteiger partial charge in [0.1, 0.15) is 29.1 Å². The Morgan fingerprint density at radius 3 is 2.46 bits per heavy atom. The van der Waals surface area contributed by atoms with Crippen molar-refractivity contribution in [1.82, 2.24) is 9.55 Å². The topological polar surface area (TPSA) is 105 Å². The second-order valence-corrected chi connectivity index (χ2v) is 9.04. The quantitative estimate of drug-likeness (QED) is 0.398. The summed E-state index contributed by atoms with van der Waals surface area (Å²) >= 11 is 12.3. The van der Waals surface area contributed by atoms with E-state index in [4.69, 9.17) is 23.2 Å². The molecular formula is C25H16Cl2F2N4O4. The summed E-state index contributed by atoms with van der Waals surface area (Å²) in [5.41, 5.74) is -1.34. The first kappa shape index (κ1) is 24.8. The molecule has 1 fully saturated rings. The van der Waals surface area contributed by atoms with Crippen LogP contribution in [0.3, 0.4) is 0 Å². The van der Waals surface area contributed by atoms with Gasteiger partial charge in [-0.15, -0.1) is 0 Å². The molecule has 1 aliphatic rings. The molecule has 2 N–H and O–H groups in total. The monoisotopic (exact) mass is 544 g/mol. The average Bonchev–Trinajstić information content (AvgIpc) is 3.20. The molecule has 0 radical (unpaired) electrons. The number of anilines is 2. The third-order valence-electron chi connectivity index (χ3n) is 5.91. The number of hydrogen-bond donors (Lipinski definition) is 2. The van der Waals surface area contributed by atoms with E-state index in [0.29, 0.717) is 6.07 Å². The first-order valence-corrected chi connectivity index (χ1v) is 11.7. The summed E-state index contributed by atoms with van der Waals surface area (Å²) in [6.45, 7) is 0.187. The van der Waals surface area contributed by atoms with E-state index in [1.807, 2.05) is 0 Å². The summed E-state index contributed by atoms with van der Waals surface area (Å²) < 4.78 is 29.6. The summed E-state index contributed by atoms with van der Waals surface area (Å²) in [4.78, 5) is 44.4. The van der Waals surface area contributed by atoms with Gasteiger partial charge in [-0.1, -0.05) is 29.3 Å². The Morgan fingerprint density at radius 1 is 1.08 bits per heavy atom. The number of carbonyl (C=O) groups excluding carboxylic acids is 2. The number of halogens is 4. The molecule has 37 heavy (non-hydrogen) atoms. The lowest BCUT2D eigenvalue weighted by Crippen LogP contribution is -2.30. The van der Waals surface area contributed by atoms with Crippen molar-refractivity contribution in [1.29, 1.82) is 0 Å². The fourth-order valence-electron chi connectivity index (χ4n) is 4.06. The van der Waals surface area contributed by atoms with Gasteiger partial charge < -0.3 is 10.4 Å². The van der Waals surface area contributed by atoms with Crippen LogP contribution < -0.4 is 15.6 Å². The van der Waals surface area contributed by atoms with Crippen LogP contribution in [-0.2, 0) is 4.79 Å². The van der Waals surface area contributed by atoms with Crippen LogP contribution in [0.25, 0.3) is 16.7 Å². The minimum Gasteiger partial charge on any atom is -0.383 e. The van der Waals surface area contributed by atoms with E-state index in [2.05, 4.69) is 10.3 Å². The normalized spacial score (nSPS) is 15.4. The van der Waals surface area contributed by atoms with Crippen molar-refractivity contribution >= 4 is 57.6 Å². The smallest absolute Gasteiger partial charge is 0.261 e. The van der Waals surface area contributed by atoms with Crippen LogP contribution >= 0.6 is 23.2 Å². The van der Waals surface area contributed by atoms with E-state index >= 15 is 0 Å². The zero-order valence-electron chi connectivity index (χ0n) is 18.7. The molecule has 1 saturated heterocycles. The molecule has 0 bridgehead atoms. The Kier molecular flexibility index (Phi) is 6.40. The summed E-state index contributed by atoms with van der Waals surface area (Å²) in [6, 6.07) is 10.1. The van der Waals surface area contributed by atoms with Gasteiger partial charge in [0.2, 0.25) is 5.43 Å². The van der Waals surface area contributed by atoms with Crippen molar-refractivity contribution in [3.63, 3.8) is 0 Å². The molecule has 2 aromatic heterocycles. The first-order chi connectivity index (χ1) is 17.7. The first-order valence-electron chi connectivity index (χ1n) is 10.9. The number of nitrogens with one attached hydrogen (secondary N) is 1. The molecule has 2 aromatic carbocycles. The molecule has 0 aliphatic carbocycles. The molecule has 188 valence electrons. The molecular weight excluding hydrogens is 529 g/mol. The summed E-state index contributed by atoms with van der Waals surface area (Å²) in [6.07, 6.45) is 0.0807. The summed E-state index contributed by atoms with van der Waals surface area (Å²) in [5, 5.41) is 12.5. The fourth-order valence-corrected chi connectivity index (χ4v) is 4.55. The number of aliphatic hydroxyl groups excluding tert-OH is 1. The molecule has 0 spiro atoms. The highest BCUT2D eigenvalue weighted by Crippen LogP contribution is 2.30. The summed E-state index contributed by atoms with van der Waals surface area (Å²) in [5.74, 6) is -3.14. The molecule has 0 unspecified atom stereocenters. The highest BCUT2D eigenvalue weighted by atomic mass is 35.5. The number of carbonyl (C=O) groups is 2. The Morgan fingerprint density at radius 2 is 1.81 bits per heavy atom. The highest BCUT2D eigenvalue weighted by molar-refractivity contribution is 6.40. The number of rotatable bonds is 4. The standard InChI is InChI=1S/C25H16Cl2F2N4O4/c26-15-2-1-3-16(27)21(15)31-24(36)14-11-33(18-6-4-12(28)10-17(18)29)23-13(22(14)35)5-7-20(30-23)32-9-8-19(34)25(32)37/h1-7,10-11,19,34H,8-9H2,(H,31,36)/t19-/m0/s1. The maximum absolute atomic E-state index is 14.9. The van der Waals surface area contributed by atoms with Crippen molar-refractivity contribution < 1.29 is 23.5 Å². The molecule has 12 heteroatoms. The van der Waals surface area contributed by atoms with E-state index < -0.39 is 40.5 Å². The number of fused-ring (bicyclic) bond motifs is 1. The molecule has 3 heterocycles. The minimum atomic E-state index is -1.18. The summed E-state index contributed by atoms with van der Waals surface area (Å²) in [7, 11) is 0. The number of benzene rings is 2. The number of nitrogens with zero attached hydrogens (tertiary/aromatic N) is 3.